The summed E-state index contributed by atoms with van der Waals surface area (Å²) >= 11 is 0. The maximum Gasteiger partial charge on any atom is 0.328 e. The Morgan fingerprint density at radius 3 is 1.55 bits per heavy atom. The maximum atomic E-state index is 12.7. The van der Waals surface area contributed by atoms with Crippen LogP contribution >= 0.6 is 0 Å². The highest BCUT2D eigenvalue weighted by atomic mass is 79.9. The summed E-state index contributed by atoms with van der Waals surface area (Å²) in [5, 5.41) is 11.3. The average Bonchev–Trinajstić information content (AvgIpc) is 3.10. The minimum absolute atomic E-state index is 0. The van der Waals surface area contributed by atoms with Crippen LogP contribution in [-0.2, 0) is 9.53 Å². The largest absolute Gasteiger partial charge is 1.00 e. The highest BCUT2D eigenvalue weighted by molar-refractivity contribution is 5.96. The molecule has 0 bridgehead atoms. The fraction of sp³-hybridized carbons (Fsp3) is 0.667. The van der Waals surface area contributed by atoms with Gasteiger partial charge in [-0.05, 0) is 81.1 Å². The van der Waals surface area contributed by atoms with Crippen molar-refractivity contribution in [2.45, 2.75) is 142 Å². The van der Waals surface area contributed by atoms with Crippen molar-refractivity contribution < 1.29 is 40.5 Å². The van der Waals surface area contributed by atoms with Crippen molar-refractivity contribution in [2.24, 2.45) is 10.2 Å². The van der Waals surface area contributed by atoms with Gasteiger partial charge in [0.05, 0.1) is 52.3 Å². The minimum atomic E-state index is -0.718. The number of nitrogens with one attached hydrogen (secondary N) is 1. The number of quaternary nitrogens is 1. The third-order valence-electron chi connectivity index (χ3n) is 8.93. The molecule has 0 aliphatic heterocycles. The van der Waals surface area contributed by atoms with E-state index in [-0.39, 0.29) is 22.9 Å². The lowest BCUT2D eigenvalue weighted by Gasteiger charge is -2.23. The van der Waals surface area contributed by atoms with Crippen molar-refractivity contribution in [3.05, 3.63) is 54.1 Å². The van der Waals surface area contributed by atoms with Crippen LogP contribution < -0.4 is 27.0 Å². The Morgan fingerprint density at radius 2 is 1.06 bits per heavy atom. The lowest BCUT2D eigenvalue weighted by Crippen LogP contribution is -3.00. The molecule has 0 unspecified atom stereocenters. The molecule has 2 aromatic rings. The number of benzene rings is 2. The number of halogens is 1. The summed E-state index contributed by atoms with van der Waals surface area (Å²) in [4.78, 5) is 25.1. The zero-order chi connectivity index (χ0) is 36.3. The molecule has 0 fully saturated rings. The molecule has 0 heterocycles. The van der Waals surface area contributed by atoms with E-state index in [0.717, 1.165) is 41.8 Å². The van der Waals surface area contributed by atoms with E-state index in [1.54, 1.807) is 31.2 Å². The molecule has 2 rings (SSSR count). The SMILES string of the molecule is CCCCCCCCCCCCCOC(=O)[C@H](C)NC(=O)c1ccc(N=Nc2ccc(OCCCCCCCCCC[N+](C)(C)C)cc2)cc1.[Br-]. The topological polar surface area (TPSA) is 89.3 Å². The van der Waals surface area contributed by atoms with E-state index in [2.05, 4.69) is 43.6 Å². The predicted molar refractivity (Wildman–Crippen MR) is 207 cm³/mol. The Kier molecular flexibility index (Phi) is 26.1. The highest BCUT2D eigenvalue weighted by Crippen LogP contribution is 2.22. The quantitative estimate of drug-likeness (QED) is 0.0390. The van der Waals surface area contributed by atoms with Gasteiger partial charge in [-0.25, -0.2) is 4.79 Å². The number of rotatable bonds is 29. The van der Waals surface area contributed by atoms with Crippen molar-refractivity contribution in [3.8, 4) is 5.75 Å². The van der Waals surface area contributed by atoms with E-state index in [9.17, 15) is 9.59 Å². The number of hydrogen-bond donors (Lipinski definition) is 1. The summed E-state index contributed by atoms with van der Waals surface area (Å²) in [6, 6.07) is 13.7. The van der Waals surface area contributed by atoms with Crippen LogP contribution in [-0.4, -0.2) is 63.3 Å². The molecule has 1 N–H and O–H groups in total. The first kappa shape index (κ1) is 46.2. The fourth-order valence-electron chi connectivity index (χ4n) is 5.75. The van der Waals surface area contributed by atoms with Gasteiger partial charge in [0.15, 0.2) is 0 Å². The minimum Gasteiger partial charge on any atom is -1.00 e. The van der Waals surface area contributed by atoms with Crippen LogP contribution in [0.5, 0.6) is 5.75 Å². The van der Waals surface area contributed by atoms with Crippen LogP contribution in [0.15, 0.2) is 58.8 Å². The normalized spacial score (nSPS) is 12.0. The molecule has 1 amide bonds. The number of carbonyl (C=O) groups is 2. The molecule has 0 spiro atoms. The summed E-state index contributed by atoms with van der Waals surface area (Å²) < 4.78 is 12.4. The van der Waals surface area contributed by atoms with Crippen molar-refractivity contribution in [2.75, 3.05) is 40.9 Å². The average molecular weight is 774 g/mol. The van der Waals surface area contributed by atoms with Crippen LogP contribution in [0.3, 0.4) is 0 Å². The fourth-order valence-corrected chi connectivity index (χ4v) is 5.75. The number of hydrogen-bond acceptors (Lipinski definition) is 6. The standard InChI is InChI=1S/C42H68N4O4.BrH/c1-6-7-8-9-10-11-12-14-18-21-24-35-50-42(48)36(2)43-41(47)37-25-27-38(28-26-37)44-45-39-29-31-40(32-30-39)49-34-23-20-17-15-13-16-19-22-33-46(3,4)5;/h25-32,36H,6-24,33-35H2,1-5H3;1H/t36-;/m0./s1. The first-order valence-corrected chi connectivity index (χ1v) is 19.7. The predicted octanol–water partition coefficient (Wildman–Crippen LogP) is 8.28. The van der Waals surface area contributed by atoms with Gasteiger partial charge in [-0.3, -0.25) is 4.79 Å². The summed E-state index contributed by atoms with van der Waals surface area (Å²) in [5.41, 5.74) is 1.80. The lowest BCUT2D eigenvalue weighted by molar-refractivity contribution is -0.870. The Hall–Kier alpha value is -2.78. The molecule has 0 aliphatic carbocycles. The van der Waals surface area contributed by atoms with E-state index in [1.807, 2.05) is 24.3 Å². The van der Waals surface area contributed by atoms with Crippen LogP contribution in [0.1, 0.15) is 146 Å². The molecule has 8 nitrogen and oxygen atoms in total. The van der Waals surface area contributed by atoms with E-state index >= 15 is 0 Å². The van der Waals surface area contributed by atoms with Crippen LogP contribution in [0.25, 0.3) is 0 Å². The van der Waals surface area contributed by atoms with Gasteiger partial charge < -0.3 is 36.3 Å². The van der Waals surface area contributed by atoms with Gasteiger partial charge in [-0.1, -0.05) is 103 Å². The lowest BCUT2D eigenvalue weighted by atomic mass is 10.1. The van der Waals surface area contributed by atoms with Crippen LogP contribution in [0.4, 0.5) is 11.4 Å². The Balaban J connectivity index is 0.0000130. The Bertz CT molecular complexity index is 1200. The number of azo groups is 1. The van der Waals surface area contributed by atoms with E-state index in [4.69, 9.17) is 9.47 Å². The number of ether oxygens (including phenoxy) is 2. The van der Waals surface area contributed by atoms with Gasteiger partial charge in [0.2, 0.25) is 0 Å². The van der Waals surface area contributed by atoms with E-state index in [1.165, 1.54) is 109 Å². The van der Waals surface area contributed by atoms with E-state index < -0.39 is 12.0 Å². The first-order chi connectivity index (χ1) is 24.2. The van der Waals surface area contributed by atoms with Crippen molar-refractivity contribution in [3.63, 3.8) is 0 Å². The summed E-state index contributed by atoms with van der Waals surface area (Å²) in [6.45, 7) is 6.28. The number of unbranched alkanes of at least 4 members (excludes halogenated alkanes) is 17. The monoisotopic (exact) mass is 772 g/mol. The zero-order valence-electron chi connectivity index (χ0n) is 32.6. The molecule has 0 aliphatic rings. The maximum absolute atomic E-state index is 12.7. The van der Waals surface area contributed by atoms with Gasteiger partial charge in [0, 0.05) is 5.56 Å². The summed E-state index contributed by atoms with van der Waals surface area (Å²) in [5.74, 6) is 0.101. The molecule has 0 aromatic heterocycles. The molecule has 288 valence electrons. The van der Waals surface area contributed by atoms with Gasteiger partial charge in [0.1, 0.15) is 11.8 Å². The molecule has 9 heteroatoms. The molecule has 51 heavy (non-hydrogen) atoms. The summed E-state index contributed by atoms with van der Waals surface area (Å²) in [6.07, 6.45) is 23.9. The molecule has 0 radical (unpaired) electrons. The Morgan fingerprint density at radius 1 is 0.627 bits per heavy atom. The number of amides is 1. The Labute approximate surface area is 320 Å². The van der Waals surface area contributed by atoms with Crippen molar-refractivity contribution >= 4 is 23.3 Å². The van der Waals surface area contributed by atoms with Crippen LogP contribution in [0.2, 0.25) is 0 Å². The van der Waals surface area contributed by atoms with Crippen molar-refractivity contribution in [1.29, 1.82) is 0 Å². The molecular weight excluding hydrogens is 704 g/mol. The van der Waals surface area contributed by atoms with E-state index in [0.29, 0.717) is 17.9 Å². The molecule has 1 atom stereocenters. The molecular formula is C42H69BrN4O4. The third kappa shape index (κ3) is 24.2. The first-order valence-electron chi connectivity index (χ1n) is 19.7. The zero-order valence-corrected chi connectivity index (χ0v) is 34.2. The smallest absolute Gasteiger partial charge is 0.328 e. The number of nitrogens with zero attached hydrogens (tertiary/aromatic N) is 3. The third-order valence-corrected chi connectivity index (χ3v) is 8.93. The van der Waals surface area contributed by atoms with Gasteiger partial charge in [-0.15, -0.1) is 0 Å². The van der Waals surface area contributed by atoms with Crippen molar-refractivity contribution in [1.82, 2.24) is 5.32 Å². The highest BCUT2D eigenvalue weighted by Gasteiger charge is 2.18. The summed E-state index contributed by atoms with van der Waals surface area (Å²) in [7, 11) is 6.79. The van der Waals surface area contributed by atoms with Crippen LogP contribution in [0, 0.1) is 0 Å². The molecule has 2 aromatic carbocycles. The molecule has 0 saturated heterocycles. The number of esters is 1. The molecule has 0 saturated carbocycles. The van der Waals surface area contributed by atoms with Gasteiger partial charge in [-0.2, -0.15) is 10.2 Å². The van der Waals surface area contributed by atoms with Gasteiger partial charge >= 0.3 is 5.97 Å². The second-order valence-corrected chi connectivity index (χ2v) is 14.8. The number of carbonyl (C=O) groups excluding carboxylic acids is 2. The second kappa shape index (κ2) is 28.8. The van der Waals surface area contributed by atoms with Gasteiger partial charge in [0.25, 0.3) is 5.91 Å². The second-order valence-electron chi connectivity index (χ2n) is 14.8.